The summed E-state index contributed by atoms with van der Waals surface area (Å²) in [6, 6.07) is 15.5. The molecule has 1 fully saturated rings. The third kappa shape index (κ3) is 3.40. The van der Waals surface area contributed by atoms with Gasteiger partial charge in [0.05, 0.1) is 10.9 Å². The number of aryl methyl sites for hydroxylation is 2. The van der Waals surface area contributed by atoms with Gasteiger partial charge in [-0.2, -0.15) is 4.31 Å². The van der Waals surface area contributed by atoms with E-state index in [4.69, 9.17) is 0 Å². The summed E-state index contributed by atoms with van der Waals surface area (Å²) in [4.78, 5) is 0.434. The van der Waals surface area contributed by atoms with E-state index in [1.807, 2.05) is 19.1 Å². The van der Waals surface area contributed by atoms with Crippen LogP contribution in [-0.2, 0) is 10.0 Å². The molecule has 4 heteroatoms. The van der Waals surface area contributed by atoms with Crippen LogP contribution in [-0.4, -0.2) is 19.3 Å². The van der Waals surface area contributed by atoms with Crippen LogP contribution >= 0.6 is 0 Å². The minimum atomic E-state index is -3.49. The molecule has 0 N–H and O–H groups in total. The number of rotatable bonds is 3. The van der Waals surface area contributed by atoms with Gasteiger partial charge in [0, 0.05) is 6.54 Å². The Morgan fingerprint density at radius 2 is 1.62 bits per heavy atom. The second kappa shape index (κ2) is 7.08. The van der Waals surface area contributed by atoms with Crippen molar-refractivity contribution >= 4 is 10.0 Å². The predicted molar refractivity (Wildman–Crippen MR) is 97.5 cm³/mol. The van der Waals surface area contributed by atoms with Gasteiger partial charge in [0.25, 0.3) is 0 Å². The first-order valence-corrected chi connectivity index (χ1v) is 10.1. The van der Waals surface area contributed by atoms with E-state index in [-0.39, 0.29) is 6.04 Å². The van der Waals surface area contributed by atoms with Gasteiger partial charge >= 0.3 is 0 Å². The molecule has 0 aliphatic carbocycles. The summed E-state index contributed by atoms with van der Waals surface area (Å²) >= 11 is 0. The molecule has 1 aliphatic rings. The smallest absolute Gasteiger partial charge is 0.207 e. The second-order valence-corrected chi connectivity index (χ2v) is 8.52. The van der Waals surface area contributed by atoms with Crippen molar-refractivity contribution in [2.24, 2.45) is 0 Å². The van der Waals surface area contributed by atoms with E-state index in [0.29, 0.717) is 11.4 Å². The van der Waals surface area contributed by atoms with Crippen LogP contribution in [0.25, 0.3) is 0 Å². The zero-order chi connectivity index (χ0) is 17.2. The van der Waals surface area contributed by atoms with Gasteiger partial charge in [0.15, 0.2) is 0 Å². The molecule has 3 rings (SSSR count). The SMILES string of the molecule is Cc1ccc([C@H]2CCCCCN2S(=O)(=O)c2ccccc2C)cc1. The highest BCUT2D eigenvalue weighted by molar-refractivity contribution is 7.89. The van der Waals surface area contributed by atoms with Crippen LogP contribution in [0.4, 0.5) is 0 Å². The molecule has 1 aliphatic heterocycles. The molecule has 1 saturated heterocycles. The first-order valence-electron chi connectivity index (χ1n) is 8.64. The third-order valence-electron chi connectivity index (χ3n) is 4.85. The standard InChI is InChI=1S/C20H25NO2S/c1-16-11-13-18(14-12-16)19-9-4-3-7-15-21(19)24(22,23)20-10-6-5-8-17(20)2/h5-6,8,10-14,19H,3-4,7,9,15H2,1-2H3/t19-/m1/s1. The number of benzene rings is 2. The van der Waals surface area contributed by atoms with Crippen molar-refractivity contribution < 1.29 is 8.42 Å². The zero-order valence-electron chi connectivity index (χ0n) is 14.4. The minimum absolute atomic E-state index is 0.0716. The van der Waals surface area contributed by atoms with E-state index in [2.05, 4.69) is 31.2 Å². The first-order chi connectivity index (χ1) is 11.5. The van der Waals surface area contributed by atoms with Crippen molar-refractivity contribution in [1.82, 2.24) is 4.31 Å². The van der Waals surface area contributed by atoms with Crippen LogP contribution in [0.3, 0.4) is 0 Å². The number of hydrogen-bond acceptors (Lipinski definition) is 2. The van der Waals surface area contributed by atoms with Crippen molar-refractivity contribution in [3.63, 3.8) is 0 Å². The van der Waals surface area contributed by atoms with Gasteiger partial charge in [-0.05, 0) is 43.9 Å². The summed E-state index contributed by atoms with van der Waals surface area (Å²) in [6.45, 7) is 4.51. The molecule has 0 spiro atoms. The molecule has 24 heavy (non-hydrogen) atoms. The van der Waals surface area contributed by atoms with Crippen molar-refractivity contribution in [1.29, 1.82) is 0 Å². The number of hydrogen-bond donors (Lipinski definition) is 0. The summed E-state index contributed by atoms with van der Waals surface area (Å²) in [6.07, 6.45) is 3.96. The molecule has 2 aromatic carbocycles. The highest BCUT2D eigenvalue weighted by atomic mass is 32.2. The average molecular weight is 343 g/mol. The molecule has 0 saturated carbocycles. The van der Waals surface area contributed by atoms with Gasteiger partial charge in [-0.3, -0.25) is 0 Å². The molecule has 0 aromatic heterocycles. The summed E-state index contributed by atoms with van der Waals surface area (Å²) < 4.78 is 28.4. The number of sulfonamides is 1. The predicted octanol–water partition coefficient (Wildman–Crippen LogP) is 4.61. The zero-order valence-corrected chi connectivity index (χ0v) is 15.2. The molecule has 0 bridgehead atoms. The molecule has 0 unspecified atom stereocenters. The maximum atomic E-state index is 13.3. The quantitative estimate of drug-likeness (QED) is 0.816. The van der Waals surface area contributed by atoms with Crippen LogP contribution in [0.5, 0.6) is 0 Å². The fourth-order valence-corrected chi connectivity index (χ4v) is 5.37. The second-order valence-electron chi connectivity index (χ2n) is 6.66. The highest BCUT2D eigenvalue weighted by Crippen LogP contribution is 2.35. The molecular weight excluding hydrogens is 318 g/mol. The molecule has 1 heterocycles. The van der Waals surface area contributed by atoms with Gasteiger partial charge < -0.3 is 0 Å². The Labute approximate surface area is 145 Å². The highest BCUT2D eigenvalue weighted by Gasteiger charge is 2.33. The fourth-order valence-electron chi connectivity index (χ4n) is 3.46. The minimum Gasteiger partial charge on any atom is -0.207 e. The summed E-state index contributed by atoms with van der Waals surface area (Å²) in [5.41, 5.74) is 3.10. The molecule has 128 valence electrons. The monoisotopic (exact) mass is 343 g/mol. The largest absolute Gasteiger partial charge is 0.243 e. The first kappa shape index (κ1) is 17.2. The molecule has 0 amide bonds. The van der Waals surface area contributed by atoms with Crippen LogP contribution < -0.4 is 0 Å². The molecule has 3 nitrogen and oxygen atoms in total. The lowest BCUT2D eigenvalue weighted by Gasteiger charge is -2.30. The average Bonchev–Trinajstić information content (AvgIpc) is 2.82. The Hall–Kier alpha value is -1.65. The topological polar surface area (TPSA) is 37.4 Å². The third-order valence-corrected chi connectivity index (χ3v) is 6.91. The lowest BCUT2D eigenvalue weighted by molar-refractivity contribution is 0.328. The summed E-state index contributed by atoms with van der Waals surface area (Å²) in [5.74, 6) is 0. The van der Waals surface area contributed by atoms with E-state index in [1.165, 1.54) is 5.56 Å². The normalized spacial score (nSPS) is 19.8. The van der Waals surface area contributed by atoms with Crippen LogP contribution in [0.1, 0.15) is 48.4 Å². The lowest BCUT2D eigenvalue weighted by Crippen LogP contribution is -2.35. The van der Waals surface area contributed by atoms with Gasteiger partial charge in [0.2, 0.25) is 10.0 Å². The molecule has 2 aromatic rings. The van der Waals surface area contributed by atoms with E-state index < -0.39 is 10.0 Å². The van der Waals surface area contributed by atoms with Gasteiger partial charge in [-0.15, -0.1) is 0 Å². The molecule has 1 atom stereocenters. The lowest BCUT2D eigenvalue weighted by atomic mass is 10.0. The Morgan fingerprint density at radius 1 is 0.917 bits per heavy atom. The number of nitrogens with zero attached hydrogens (tertiary/aromatic N) is 1. The van der Waals surface area contributed by atoms with E-state index in [0.717, 1.165) is 36.8 Å². The molecule has 0 radical (unpaired) electrons. The Bertz CT molecular complexity index is 797. The van der Waals surface area contributed by atoms with Crippen molar-refractivity contribution in [2.45, 2.75) is 50.5 Å². The van der Waals surface area contributed by atoms with Crippen LogP contribution in [0.15, 0.2) is 53.4 Å². The molecular formula is C20H25NO2S. The van der Waals surface area contributed by atoms with E-state index in [1.54, 1.807) is 16.4 Å². The van der Waals surface area contributed by atoms with Crippen LogP contribution in [0.2, 0.25) is 0 Å². The van der Waals surface area contributed by atoms with Gasteiger partial charge in [0.1, 0.15) is 0 Å². The fraction of sp³-hybridized carbons (Fsp3) is 0.400. The van der Waals surface area contributed by atoms with E-state index in [9.17, 15) is 8.42 Å². The van der Waals surface area contributed by atoms with E-state index >= 15 is 0 Å². The van der Waals surface area contributed by atoms with Crippen LogP contribution in [0, 0.1) is 13.8 Å². The van der Waals surface area contributed by atoms with Crippen molar-refractivity contribution in [3.8, 4) is 0 Å². The summed E-state index contributed by atoms with van der Waals surface area (Å²) in [7, 11) is -3.49. The Kier molecular flexibility index (Phi) is 5.07. The maximum absolute atomic E-state index is 13.3. The van der Waals surface area contributed by atoms with Gasteiger partial charge in [-0.1, -0.05) is 60.9 Å². The summed E-state index contributed by atoms with van der Waals surface area (Å²) in [5, 5.41) is 0. The Morgan fingerprint density at radius 3 is 2.33 bits per heavy atom. The Balaban J connectivity index is 2.04. The van der Waals surface area contributed by atoms with Gasteiger partial charge in [-0.25, -0.2) is 8.42 Å². The van der Waals surface area contributed by atoms with Crippen molar-refractivity contribution in [2.75, 3.05) is 6.54 Å². The van der Waals surface area contributed by atoms with Crippen molar-refractivity contribution in [3.05, 3.63) is 65.2 Å². The maximum Gasteiger partial charge on any atom is 0.243 e.